The number of rotatable bonds is 8. The number of nitrogens with zero attached hydrogens (tertiary/aromatic N) is 1. The van der Waals surface area contributed by atoms with E-state index in [1.807, 2.05) is 72.8 Å². The molecule has 0 saturated heterocycles. The number of hydrogen-bond acceptors (Lipinski definition) is 8. The van der Waals surface area contributed by atoms with Crippen molar-refractivity contribution in [1.82, 2.24) is 0 Å². The number of aldehydes is 1. The monoisotopic (exact) mass is 605 g/mol. The molecule has 0 bridgehead atoms. The van der Waals surface area contributed by atoms with Crippen LogP contribution in [-0.4, -0.2) is 26.3 Å². The van der Waals surface area contributed by atoms with Gasteiger partial charge in [0.25, 0.3) is 0 Å². The maximum absolute atomic E-state index is 13.3. The average Bonchev–Trinajstić information content (AvgIpc) is 3.83. The van der Waals surface area contributed by atoms with Gasteiger partial charge >= 0.3 is 0 Å². The van der Waals surface area contributed by atoms with Gasteiger partial charge in [0, 0.05) is 42.8 Å². The van der Waals surface area contributed by atoms with Crippen LogP contribution in [0.25, 0.3) is 29.9 Å². The van der Waals surface area contributed by atoms with E-state index in [1.54, 1.807) is 36.9 Å². The molecule has 6 aromatic rings. The van der Waals surface area contributed by atoms with Crippen LogP contribution < -0.4 is 14.4 Å². The van der Waals surface area contributed by atoms with Gasteiger partial charge in [-0.1, -0.05) is 12.1 Å². The molecule has 1 aliphatic rings. The van der Waals surface area contributed by atoms with E-state index in [1.165, 1.54) is 11.3 Å². The number of hydrogen-bond donors (Lipinski definition) is 0. The van der Waals surface area contributed by atoms with Gasteiger partial charge < -0.3 is 14.4 Å². The maximum atomic E-state index is 13.3. The maximum Gasteiger partial charge on any atom is 0.196 e. The predicted octanol–water partition coefficient (Wildman–Crippen LogP) is 9.72. The molecular formula is C34H23NO4S3. The summed E-state index contributed by atoms with van der Waals surface area (Å²) in [6.45, 7) is 0. The van der Waals surface area contributed by atoms with Crippen molar-refractivity contribution in [2.24, 2.45) is 0 Å². The van der Waals surface area contributed by atoms with Gasteiger partial charge in [-0.25, -0.2) is 0 Å². The van der Waals surface area contributed by atoms with E-state index in [-0.39, 0.29) is 5.78 Å². The number of anilines is 3. The van der Waals surface area contributed by atoms with Crippen molar-refractivity contribution in [3.8, 4) is 41.4 Å². The lowest BCUT2D eigenvalue weighted by atomic mass is 10.1. The van der Waals surface area contributed by atoms with Crippen LogP contribution >= 0.6 is 34.0 Å². The zero-order chi connectivity index (χ0) is 28.8. The zero-order valence-corrected chi connectivity index (χ0v) is 25.1. The quantitative estimate of drug-likeness (QED) is 0.161. The Kier molecular flexibility index (Phi) is 6.74. The molecule has 0 amide bonds. The molecule has 0 spiro atoms. The Morgan fingerprint density at radius 3 is 1.60 bits per heavy atom. The first-order valence-electron chi connectivity index (χ1n) is 13.1. The van der Waals surface area contributed by atoms with Crippen LogP contribution in [0, 0.1) is 0 Å². The fourth-order valence-electron chi connectivity index (χ4n) is 5.10. The lowest BCUT2D eigenvalue weighted by Crippen LogP contribution is -2.09. The molecule has 0 unspecified atom stereocenters. The molecule has 0 aliphatic heterocycles. The zero-order valence-electron chi connectivity index (χ0n) is 22.6. The van der Waals surface area contributed by atoms with Crippen molar-refractivity contribution in [3.63, 3.8) is 0 Å². The molecule has 0 saturated carbocycles. The highest BCUT2D eigenvalue weighted by Crippen LogP contribution is 2.51. The smallest absolute Gasteiger partial charge is 0.196 e. The normalized spacial score (nSPS) is 11.7. The Hall–Kier alpha value is -4.50. The van der Waals surface area contributed by atoms with Crippen LogP contribution in [0.15, 0.2) is 97.1 Å². The van der Waals surface area contributed by atoms with Gasteiger partial charge in [-0.2, -0.15) is 0 Å². The molecule has 3 aromatic carbocycles. The third-order valence-corrected chi connectivity index (χ3v) is 10.9. The number of ether oxygens (including phenoxy) is 2. The van der Waals surface area contributed by atoms with Crippen molar-refractivity contribution in [3.05, 3.63) is 113 Å². The number of benzene rings is 3. The third-order valence-electron chi connectivity index (χ3n) is 7.22. The largest absolute Gasteiger partial charge is 0.497 e. The molecule has 0 fully saturated rings. The summed E-state index contributed by atoms with van der Waals surface area (Å²) in [5.74, 6) is 1.66. The van der Waals surface area contributed by atoms with E-state index >= 15 is 0 Å². The van der Waals surface area contributed by atoms with E-state index in [2.05, 4.69) is 29.2 Å². The topological polar surface area (TPSA) is 55.8 Å². The van der Waals surface area contributed by atoms with Crippen LogP contribution in [0.1, 0.15) is 25.6 Å². The van der Waals surface area contributed by atoms with E-state index in [4.69, 9.17) is 9.47 Å². The first-order chi connectivity index (χ1) is 20.6. The van der Waals surface area contributed by atoms with Gasteiger partial charge in [0.15, 0.2) is 12.1 Å². The minimum Gasteiger partial charge on any atom is -0.497 e. The summed E-state index contributed by atoms with van der Waals surface area (Å²) in [7, 11) is 3.32. The Bertz CT molecular complexity index is 1880. The Morgan fingerprint density at radius 2 is 1.10 bits per heavy atom. The molecule has 3 aromatic heterocycles. The van der Waals surface area contributed by atoms with Crippen LogP contribution in [-0.2, 0) is 0 Å². The summed E-state index contributed by atoms with van der Waals surface area (Å²) in [6, 6.07) is 32.1. The highest BCUT2D eigenvalue weighted by molar-refractivity contribution is 7.28. The average molecular weight is 606 g/mol. The minimum absolute atomic E-state index is 0.0685. The molecule has 7 rings (SSSR count). The molecule has 42 heavy (non-hydrogen) atoms. The van der Waals surface area contributed by atoms with E-state index in [0.29, 0.717) is 4.88 Å². The number of carbonyl (C=O) groups excluding carboxylic acids is 2. The second-order valence-electron chi connectivity index (χ2n) is 9.63. The van der Waals surface area contributed by atoms with Gasteiger partial charge in [0.2, 0.25) is 0 Å². The number of ketones is 1. The predicted molar refractivity (Wildman–Crippen MR) is 173 cm³/mol. The summed E-state index contributed by atoms with van der Waals surface area (Å²) in [6.07, 6.45) is 0.864. The third kappa shape index (κ3) is 4.54. The number of thiophene rings is 3. The number of methoxy groups -OCH3 is 2. The van der Waals surface area contributed by atoms with Gasteiger partial charge in [-0.3, -0.25) is 9.59 Å². The first-order valence-corrected chi connectivity index (χ1v) is 15.6. The van der Waals surface area contributed by atoms with Crippen molar-refractivity contribution >= 4 is 63.1 Å². The molecule has 0 radical (unpaired) electrons. The summed E-state index contributed by atoms with van der Waals surface area (Å²) in [5, 5.41) is 0. The van der Waals surface area contributed by atoms with Crippen molar-refractivity contribution in [2.45, 2.75) is 0 Å². The number of carbonyl (C=O) groups is 2. The molecular weight excluding hydrogens is 583 g/mol. The number of fused-ring (bicyclic) bond motifs is 3. The second-order valence-corrected chi connectivity index (χ2v) is 12.9. The van der Waals surface area contributed by atoms with Crippen LogP contribution in [0.2, 0.25) is 0 Å². The summed E-state index contributed by atoms with van der Waals surface area (Å²) >= 11 is 4.72. The van der Waals surface area contributed by atoms with Crippen molar-refractivity contribution < 1.29 is 19.1 Å². The Balaban J connectivity index is 1.21. The van der Waals surface area contributed by atoms with Gasteiger partial charge in [-0.15, -0.1) is 34.0 Å². The van der Waals surface area contributed by atoms with Gasteiger partial charge in [0.1, 0.15) is 11.5 Å². The minimum atomic E-state index is 0.0685. The SMILES string of the molecule is COc1ccc(N(c2ccc(OC)cc2)c2ccc(-c3cc4c(s3)-c3sc(-c5ccc(C=O)s5)cc3C4=O)cc2)cc1. The summed E-state index contributed by atoms with van der Waals surface area (Å²) in [4.78, 5) is 32.5. The Morgan fingerprint density at radius 1 is 0.595 bits per heavy atom. The molecule has 206 valence electrons. The van der Waals surface area contributed by atoms with Gasteiger partial charge in [-0.05, 0) is 90.5 Å². The molecule has 1 aliphatic carbocycles. The highest BCUT2D eigenvalue weighted by Gasteiger charge is 2.32. The first kappa shape index (κ1) is 26.4. The summed E-state index contributed by atoms with van der Waals surface area (Å²) in [5.41, 5.74) is 5.59. The molecule has 5 nitrogen and oxygen atoms in total. The van der Waals surface area contributed by atoms with E-state index in [9.17, 15) is 9.59 Å². The van der Waals surface area contributed by atoms with Crippen LogP contribution in [0.4, 0.5) is 17.1 Å². The molecule has 8 heteroatoms. The van der Waals surface area contributed by atoms with E-state index < -0.39 is 0 Å². The molecule has 0 N–H and O–H groups in total. The Labute approximate surface area is 254 Å². The highest BCUT2D eigenvalue weighted by atomic mass is 32.1. The molecule has 3 heterocycles. The lowest BCUT2D eigenvalue weighted by molar-refractivity contribution is 0.104. The lowest BCUT2D eigenvalue weighted by Gasteiger charge is -2.26. The van der Waals surface area contributed by atoms with Crippen molar-refractivity contribution in [1.29, 1.82) is 0 Å². The van der Waals surface area contributed by atoms with Crippen LogP contribution in [0.5, 0.6) is 11.5 Å². The fraction of sp³-hybridized carbons (Fsp3) is 0.0588. The van der Waals surface area contributed by atoms with Crippen molar-refractivity contribution in [2.75, 3.05) is 19.1 Å². The second kappa shape index (κ2) is 10.7. The summed E-state index contributed by atoms with van der Waals surface area (Å²) < 4.78 is 10.7. The van der Waals surface area contributed by atoms with Crippen LogP contribution in [0.3, 0.4) is 0 Å². The van der Waals surface area contributed by atoms with E-state index in [0.717, 1.165) is 75.9 Å². The molecule has 0 atom stereocenters. The fourth-order valence-corrected chi connectivity index (χ4v) is 8.48. The standard InChI is InChI=1S/C34H23NO4S3/c1-38-24-11-7-22(8-12-24)35(23-9-13-25(39-2)14-10-23)21-5-3-20(4-6-21)30-17-27-32(37)28-18-31(42-34(28)33(27)41-30)29-16-15-26(19-36)40-29/h3-19H,1-2H3. The van der Waals surface area contributed by atoms with Gasteiger partial charge in [0.05, 0.1) is 28.9 Å².